The Morgan fingerprint density at radius 3 is 2.69 bits per heavy atom. The van der Waals surface area contributed by atoms with Crippen molar-refractivity contribution in [1.82, 2.24) is 24.5 Å². The van der Waals surface area contributed by atoms with Gasteiger partial charge in [0.05, 0.1) is 18.8 Å². The van der Waals surface area contributed by atoms with Gasteiger partial charge in [-0.25, -0.2) is 9.37 Å². The van der Waals surface area contributed by atoms with Crippen LogP contribution in [-0.4, -0.2) is 31.6 Å². The molecule has 7 nitrogen and oxygen atoms in total. The Morgan fingerprint density at radius 1 is 1.19 bits per heavy atom. The maximum Gasteiger partial charge on any atom is 0.296 e. The van der Waals surface area contributed by atoms with Gasteiger partial charge in [-0.15, -0.1) is 0 Å². The minimum Gasteiger partial charge on any atom is -0.468 e. The number of hydrogen-bond donors (Lipinski definition) is 1. The zero-order valence-corrected chi connectivity index (χ0v) is 14.0. The van der Waals surface area contributed by atoms with Gasteiger partial charge in [0.25, 0.3) is 11.6 Å². The van der Waals surface area contributed by atoms with E-state index in [1.165, 1.54) is 19.4 Å². The number of rotatable bonds is 3. The number of ether oxygens (including phenoxy) is 1. The maximum atomic E-state index is 14.3. The smallest absolute Gasteiger partial charge is 0.296 e. The van der Waals surface area contributed by atoms with Crippen LogP contribution < -0.4 is 10.3 Å². The number of halogens is 1. The topological polar surface area (TPSA) is 85.7 Å². The van der Waals surface area contributed by atoms with Gasteiger partial charge in [-0.3, -0.25) is 14.8 Å². The Hall–Kier alpha value is -3.55. The van der Waals surface area contributed by atoms with Crippen molar-refractivity contribution in [2.45, 2.75) is 0 Å². The van der Waals surface area contributed by atoms with Gasteiger partial charge in [-0.2, -0.15) is 4.98 Å². The summed E-state index contributed by atoms with van der Waals surface area (Å²) in [5.41, 5.74) is 1.46. The van der Waals surface area contributed by atoms with Crippen molar-refractivity contribution in [3.8, 4) is 28.5 Å². The molecule has 3 heterocycles. The second kappa shape index (κ2) is 6.07. The first-order chi connectivity index (χ1) is 12.6. The molecule has 1 aromatic carbocycles. The fraction of sp³-hybridized carbons (Fsp3) is 0.111. The maximum absolute atomic E-state index is 14.3. The molecule has 0 aliphatic rings. The molecule has 8 heteroatoms. The number of aryl methyl sites for hydroxylation is 1. The number of methoxy groups -OCH3 is 1. The Balaban J connectivity index is 2.11. The average Bonchev–Trinajstić information content (AvgIpc) is 3.07. The molecule has 0 unspecified atom stereocenters. The van der Waals surface area contributed by atoms with Gasteiger partial charge in [0, 0.05) is 30.6 Å². The van der Waals surface area contributed by atoms with Crippen LogP contribution in [0.2, 0.25) is 0 Å². The molecule has 0 amide bonds. The van der Waals surface area contributed by atoms with E-state index in [0.717, 1.165) is 0 Å². The number of pyridine rings is 1. The zero-order valence-electron chi connectivity index (χ0n) is 14.0. The summed E-state index contributed by atoms with van der Waals surface area (Å²) >= 11 is 0. The third-order valence-electron chi connectivity index (χ3n) is 4.02. The Labute approximate surface area is 147 Å². The van der Waals surface area contributed by atoms with E-state index in [9.17, 15) is 9.18 Å². The van der Waals surface area contributed by atoms with Crippen LogP contribution >= 0.6 is 0 Å². The summed E-state index contributed by atoms with van der Waals surface area (Å²) in [5.74, 6) is -0.448. The summed E-state index contributed by atoms with van der Waals surface area (Å²) in [6, 6.07) is 6.26. The van der Waals surface area contributed by atoms with E-state index >= 15 is 0 Å². The normalized spacial score (nSPS) is 11.0. The van der Waals surface area contributed by atoms with Gasteiger partial charge in [0.2, 0.25) is 0 Å². The van der Waals surface area contributed by atoms with Crippen LogP contribution in [0.1, 0.15) is 0 Å². The highest BCUT2D eigenvalue weighted by Gasteiger charge is 2.19. The highest BCUT2D eigenvalue weighted by molar-refractivity contribution is 5.99. The predicted octanol–water partition coefficient (Wildman–Crippen LogP) is 2.53. The lowest BCUT2D eigenvalue weighted by molar-refractivity contribution is 0.380. The van der Waals surface area contributed by atoms with Crippen molar-refractivity contribution in [2.75, 3.05) is 7.11 Å². The number of nitrogens with one attached hydrogen (secondary N) is 1. The minimum atomic E-state index is -0.448. The van der Waals surface area contributed by atoms with Crippen LogP contribution in [0.3, 0.4) is 0 Å². The van der Waals surface area contributed by atoms with Crippen molar-refractivity contribution in [3.05, 3.63) is 59.2 Å². The fourth-order valence-electron chi connectivity index (χ4n) is 2.83. The van der Waals surface area contributed by atoms with Crippen molar-refractivity contribution in [2.24, 2.45) is 7.05 Å². The summed E-state index contributed by atoms with van der Waals surface area (Å²) in [5, 5.41) is 0.228. The number of H-pyrrole nitrogens is 1. The predicted molar refractivity (Wildman–Crippen MR) is 94.3 cm³/mol. The highest BCUT2D eigenvalue weighted by Crippen LogP contribution is 2.32. The standard InChI is InChI=1S/C18H14FN5O2/c1-24-8-13(21-9-24)15-16-14(17(25)23-18(22-16)26-2)11(7-20-15)10-5-3-4-6-12(10)19/h3-9H,1-2H3,(H,22,23,25). The molecule has 0 radical (unpaired) electrons. The number of aromatic amines is 1. The molecule has 3 aromatic heterocycles. The monoisotopic (exact) mass is 351 g/mol. The molecule has 0 aliphatic carbocycles. The molecule has 4 rings (SSSR count). The van der Waals surface area contributed by atoms with Crippen molar-refractivity contribution in [3.63, 3.8) is 0 Å². The van der Waals surface area contributed by atoms with Crippen LogP contribution in [0.25, 0.3) is 33.4 Å². The summed E-state index contributed by atoms with van der Waals surface area (Å²) < 4.78 is 21.1. The molecular weight excluding hydrogens is 337 g/mol. The lowest BCUT2D eigenvalue weighted by atomic mass is 10.0. The van der Waals surface area contributed by atoms with Crippen molar-refractivity contribution < 1.29 is 9.13 Å². The van der Waals surface area contributed by atoms with Crippen molar-refractivity contribution >= 4 is 10.9 Å². The number of nitrogens with zero attached hydrogens (tertiary/aromatic N) is 4. The Morgan fingerprint density at radius 2 is 2.00 bits per heavy atom. The van der Waals surface area contributed by atoms with Crippen LogP contribution in [0, 0.1) is 5.82 Å². The lowest BCUT2D eigenvalue weighted by Gasteiger charge is -2.10. The number of benzene rings is 1. The lowest BCUT2D eigenvalue weighted by Crippen LogP contribution is -2.12. The first kappa shape index (κ1) is 15.9. The second-order valence-corrected chi connectivity index (χ2v) is 5.72. The Bertz CT molecular complexity index is 1180. The molecule has 0 spiro atoms. The third-order valence-corrected chi connectivity index (χ3v) is 4.02. The molecule has 0 saturated carbocycles. The number of aromatic nitrogens is 5. The van der Waals surface area contributed by atoms with Crippen LogP contribution in [0.4, 0.5) is 4.39 Å². The van der Waals surface area contributed by atoms with Gasteiger partial charge in [0.15, 0.2) is 0 Å². The van der Waals surface area contributed by atoms with E-state index in [1.807, 2.05) is 7.05 Å². The molecule has 130 valence electrons. The minimum absolute atomic E-state index is 0.0483. The highest BCUT2D eigenvalue weighted by atomic mass is 19.1. The van der Waals surface area contributed by atoms with Gasteiger partial charge < -0.3 is 9.30 Å². The average molecular weight is 351 g/mol. The third kappa shape index (κ3) is 2.52. The molecule has 1 N–H and O–H groups in total. The molecule has 0 atom stereocenters. The largest absolute Gasteiger partial charge is 0.468 e. The van der Waals surface area contributed by atoms with E-state index in [-0.39, 0.29) is 17.0 Å². The molecule has 26 heavy (non-hydrogen) atoms. The summed E-state index contributed by atoms with van der Waals surface area (Å²) in [7, 11) is 3.23. The van der Waals surface area contributed by atoms with Crippen LogP contribution in [0.15, 0.2) is 47.8 Å². The van der Waals surface area contributed by atoms with E-state index < -0.39 is 11.4 Å². The quantitative estimate of drug-likeness (QED) is 0.613. The van der Waals surface area contributed by atoms with Gasteiger partial charge in [-0.05, 0) is 6.07 Å². The number of imidazole rings is 1. The molecule has 0 aliphatic heterocycles. The van der Waals surface area contributed by atoms with Gasteiger partial charge >= 0.3 is 0 Å². The molecular formula is C18H14FN5O2. The molecule has 4 aromatic rings. The summed E-state index contributed by atoms with van der Waals surface area (Å²) in [4.78, 5) is 28.3. The van der Waals surface area contributed by atoms with Crippen LogP contribution in [-0.2, 0) is 7.05 Å². The van der Waals surface area contributed by atoms with Crippen molar-refractivity contribution in [1.29, 1.82) is 0 Å². The zero-order chi connectivity index (χ0) is 18.3. The Kier molecular flexibility index (Phi) is 3.72. The van der Waals surface area contributed by atoms with Gasteiger partial charge in [-0.1, -0.05) is 18.2 Å². The fourth-order valence-corrected chi connectivity index (χ4v) is 2.83. The van der Waals surface area contributed by atoms with Gasteiger partial charge in [0.1, 0.15) is 22.7 Å². The van der Waals surface area contributed by atoms with E-state index in [0.29, 0.717) is 22.5 Å². The summed E-state index contributed by atoms with van der Waals surface area (Å²) in [6.07, 6.45) is 4.85. The number of fused-ring (bicyclic) bond motifs is 1. The SMILES string of the molecule is COc1nc2c(-c3cn(C)cn3)ncc(-c3ccccc3F)c2c(=O)[nH]1. The first-order valence-electron chi connectivity index (χ1n) is 7.78. The van der Waals surface area contributed by atoms with E-state index in [1.54, 1.807) is 35.3 Å². The molecule has 0 fully saturated rings. The molecule has 0 bridgehead atoms. The number of hydrogen-bond acceptors (Lipinski definition) is 5. The van der Waals surface area contributed by atoms with E-state index in [2.05, 4.69) is 19.9 Å². The van der Waals surface area contributed by atoms with E-state index in [4.69, 9.17) is 4.74 Å². The summed E-state index contributed by atoms with van der Waals surface area (Å²) in [6.45, 7) is 0. The second-order valence-electron chi connectivity index (χ2n) is 5.72. The first-order valence-corrected chi connectivity index (χ1v) is 7.78. The molecule has 0 saturated heterocycles. The van der Waals surface area contributed by atoms with Crippen LogP contribution in [0.5, 0.6) is 6.01 Å².